The SMILES string of the molecule is CC(C)(C)NC(=O)CNC(=O)Nc1cc(-c2ccccc2)on1. The zero-order chi connectivity index (χ0) is 16.9. The molecule has 1 aromatic heterocycles. The largest absolute Gasteiger partial charge is 0.354 e. The van der Waals surface area contributed by atoms with E-state index in [1.54, 1.807) is 6.07 Å². The van der Waals surface area contributed by atoms with Gasteiger partial charge in [-0.2, -0.15) is 0 Å². The summed E-state index contributed by atoms with van der Waals surface area (Å²) < 4.78 is 5.17. The number of benzene rings is 1. The van der Waals surface area contributed by atoms with Gasteiger partial charge >= 0.3 is 6.03 Å². The lowest BCUT2D eigenvalue weighted by molar-refractivity contribution is -0.121. The standard InChI is InChI=1S/C16H20N4O3/c1-16(2,3)19-14(21)10-17-15(22)18-13-9-12(23-20-13)11-7-5-4-6-8-11/h4-9H,10H2,1-3H3,(H,19,21)(H2,17,18,20,22). The van der Waals surface area contributed by atoms with Crippen molar-refractivity contribution in [3.05, 3.63) is 36.4 Å². The van der Waals surface area contributed by atoms with Gasteiger partial charge in [0.25, 0.3) is 0 Å². The fraction of sp³-hybridized carbons (Fsp3) is 0.312. The number of hydrogen-bond donors (Lipinski definition) is 3. The second kappa shape index (κ2) is 6.95. The van der Waals surface area contributed by atoms with Gasteiger partial charge in [0.05, 0.1) is 6.54 Å². The van der Waals surface area contributed by atoms with Crippen LogP contribution in [-0.2, 0) is 4.79 Å². The maximum atomic E-state index is 11.7. The van der Waals surface area contributed by atoms with E-state index in [0.717, 1.165) is 5.56 Å². The molecule has 0 atom stereocenters. The van der Waals surface area contributed by atoms with Crippen LogP contribution in [0.25, 0.3) is 11.3 Å². The first-order valence-electron chi connectivity index (χ1n) is 7.21. The summed E-state index contributed by atoms with van der Waals surface area (Å²) in [6.07, 6.45) is 0. The first kappa shape index (κ1) is 16.5. The van der Waals surface area contributed by atoms with Crippen molar-refractivity contribution in [1.82, 2.24) is 15.8 Å². The van der Waals surface area contributed by atoms with Crippen molar-refractivity contribution in [3.63, 3.8) is 0 Å². The Labute approximate surface area is 134 Å². The molecule has 0 bridgehead atoms. The Morgan fingerprint density at radius 2 is 1.87 bits per heavy atom. The van der Waals surface area contributed by atoms with E-state index >= 15 is 0 Å². The van der Waals surface area contributed by atoms with Crippen molar-refractivity contribution in [1.29, 1.82) is 0 Å². The summed E-state index contributed by atoms with van der Waals surface area (Å²) in [4.78, 5) is 23.4. The average molecular weight is 316 g/mol. The summed E-state index contributed by atoms with van der Waals surface area (Å²) in [5.74, 6) is 0.557. The normalized spacial score (nSPS) is 10.9. The Morgan fingerprint density at radius 3 is 2.52 bits per heavy atom. The van der Waals surface area contributed by atoms with Gasteiger partial charge in [-0.3, -0.25) is 10.1 Å². The Kier molecular flexibility index (Phi) is 5.00. The summed E-state index contributed by atoms with van der Waals surface area (Å²) in [7, 11) is 0. The van der Waals surface area contributed by atoms with E-state index in [-0.39, 0.29) is 23.8 Å². The molecule has 0 unspecified atom stereocenters. The highest BCUT2D eigenvalue weighted by Crippen LogP contribution is 2.21. The molecule has 0 saturated heterocycles. The topological polar surface area (TPSA) is 96.3 Å². The molecular weight excluding hydrogens is 296 g/mol. The number of hydrogen-bond acceptors (Lipinski definition) is 4. The fourth-order valence-corrected chi connectivity index (χ4v) is 1.86. The Hall–Kier alpha value is -2.83. The predicted molar refractivity (Wildman–Crippen MR) is 86.9 cm³/mol. The van der Waals surface area contributed by atoms with Crippen LogP contribution in [0.1, 0.15) is 20.8 Å². The van der Waals surface area contributed by atoms with Gasteiger partial charge in [-0.05, 0) is 20.8 Å². The molecule has 122 valence electrons. The highest BCUT2D eigenvalue weighted by molar-refractivity contribution is 5.91. The molecule has 2 rings (SSSR count). The minimum atomic E-state index is -0.526. The number of carbonyl (C=O) groups excluding carboxylic acids is 2. The molecule has 0 aliphatic heterocycles. The van der Waals surface area contributed by atoms with Gasteiger partial charge in [-0.15, -0.1) is 0 Å². The van der Waals surface area contributed by atoms with Crippen LogP contribution in [0.2, 0.25) is 0 Å². The fourth-order valence-electron chi connectivity index (χ4n) is 1.86. The summed E-state index contributed by atoms with van der Waals surface area (Å²) in [5.41, 5.74) is 0.518. The van der Waals surface area contributed by atoms with E-state index in [0.29, 0.717) is 5.76 Å². The van der Waals surface area contributed by atoms with Crippen molar-refractivity contribution in [3.8, 4) is 11.3 Å². The molecule has 23 heavy (non-hydrogen) atoms. The molecule has 3 N–H and O–H groups in total. The first-order valence-corrected chi connectivity index (χ1v) is 7.21. The van der Waals surface area contributed by atoms with Gasteiger partial charge in [0, 0.05) is 17.2 Å². The van der Waals surface area contributed by atoms with Crippen LogP contribution < -0.4 is 16.0 Å². The van der Waals surface area contributed by atoms with Crippen molar-refractivity contribution < 1.29 is 14.1 Å². The molecule has 0 radical (unpaired) electrons. The lowest BCUT2D eigenvalue weighted by Crippen LogP contribution is -2.46. The zero-order valence-electron chi connectivity index (χ0n) is 13.3. The maximum Gasteiger partial charge on any atom is 0.320 e. The summed E-state index contributed by atoms with van der Waals surface area (Å²) in [5, 5.41) is 11.5. The van der Waals surface area contributed by atoms with Gasteiger partial charge in [-0.1, -0.05) is 35.5 Å². The molecule has 0 saturated carbocycles. The molecule has 1 heterocycles. The van der Waals surface area contributed by atoms with Crippen LogP contribution >= 0.6 is 0 Å². The monoisotopic (exact) mass is 316 g/mol. The average Bonchev–Trinajstić information content (AvgIpc) is 2.93. The number of rotatable bonds is 4. The quantitative estimate of drug-likeness (QED) is 0.807. The third-order valence-corrected chi connectivity index (χ3v) is 2.73. The molecule has 0 spiro atoms. The minimum absolute atomic E-state index is 0.119. The number of carbonyl (C=O) groups is 2. The summed E-state index contributed by atoms with van der Waals surface area (Å²) in [6.45, 7) is 5.48. The van der Waals surface area contributed by atoms with Gasteiger partial charge in [-0.25, -0.2) is 4.79 Å². The van der Waals surface area contributed by atoms with E-state index in [2.05, 4.69) is 21.1 Å². The van der Waals surface area contributed by atoms with Crippen LogP contribution in [0, 0.1) is 0 Å². The molecule has 0 aliphatic rings. The highest BCUT2D eigenvalue weighted by Gasteiger charge is 2.15. The van der Waals surface area contributed by atoms with E-state index in [4.69, 9.17) is 4.52 Å². The smallest absolute Gasteiger partial charge is 0.320 e. The van der Waals surface area contributed by atoms with Crippen LogP contribution in [0.3, 0.4) is 0 Å². The lowest BCUT2D eigenvalue weighted by atomic mass is 10.1. The predicted octanol–water partition coefficient (Wildman–Crippen LogP) is 2.38. The molecule has 7 heteroatoms. The molecule has 0 aliphatic carbocycles. The Morgan fingerprint density at radius 1 is 1.17 bits per heavy atom. The number of anilines is 1. The highest BCUT2D eigenvalue weighted by atomic mass is 16.5. The number of nitrogens with one attached hydrogen (secondary N) is 3. The lowest BCUT2D eigenvalue weighted by Gasteiger charge is -2.20. The van der Waals surface area contributed by atoms with Gasteiger partial charge < -0.3 is 15.2 Å². The van der Waals surface area contributed by atoms with Crippen molar-refractivity contribution in [2.75, 3.05) is 11.9 Å². The second-order valence-electron chi connectivity index (χ2n) is 6.05. The van der Waals surface area contributed by atoms with Crippen molar-refractivity contribution in [2.45, 2.75) is 26.3 Å². The van der Waals surface area contributed by atoms with E-state index < -0.39 is 6.03 Å². The number of amides is 3. The molecule has 1 aromatic carbocycles. The van der Waals surface area contributed by atoms with Crippen LogP contribution in [-0.4, -0.2) is 29.2 Å². The Balaban J connectivity index is 1.84. The first-order chi connectivity index (χ1) is 10.8. The van der Waals surface area contributed by atoms with Crippen LogP contribution in [0.15, 0.2) is 40.9 Å². The van der Waals surface area contributed by atoms with Gasteiger partial charge in [0.2, 0.25) is 5.91 Å². The second-order valence-corrected chi connectivity index (χ2v) is 6.05. The maximum absolute atomic E-state index is 11.7. The van der Waals surface area contributed by atoms with E-state index in [1.165, 1.54) is 0 Å². The van der Waals surface area contributed by atoms with E-state index in [1.807, 2.05) is 51.1 Å². The summed E-state index contributed by atoms with van der Waals surface area (Å²) in [6, 6.07) is 10.5. The Bertz CT molecular complexity index is 674. The summed E-state index contributed by atoms with van der Waals surface area (Å²) >= 11 is 0. The van der Waals surface area contributed by atoms with Crippen molar-refractivity contribution >= 4 is 17.8 Å². The molecular formula is C16H20N4O3. The molecule has 7 nitrogen and oxygen atoms in total. The van der Waals surface area contributed by atoms with Crippen LogP contribution in [0.5, 0.6) is 0 Å². The van der Waals surface area contributed by atoms with Gasteiger partial charge in [0.1, 0.15) is 0 Å². The zero-order valence-corrected chi connectivity index (χ0v) is 13.3. The number of urea groups is 1. The minimum Gasteiger partial charge on any atom is -0.354 e. The van der Waals surface area contributed by atoms with Crippen molar-refractivity contribution in [2.24, 2.45) is 0 Å². The van der Waals surface area contributed by atoms with Gasteiger partial charge in [0.15, 0.2) is 11.6 Å². The molecule has 2 aromatic rings. The van der Waals surface area contributed by atoms with E-state index in [9.17, 15) is 9.59 Å². The number of aromatic nitrogens is 1. The third kappa shape index (κ3) is 5.46. The third-order valence-electron chi connectivity index (χ3n) is 2.73. The van der Waals surface area contributed by atoms with Crippen LogP contribution in [0.4, 0.5) is 10.6 Å². The molecule has 3 amide bonds. The molecule has 0 fully saturated rings. The number of nitrogens with zero attached hydrogens (tertiary/aromatic N) is 1.